The number of imidazole rings is 1. The highest BCUT2D eigenvalue weighted by Crippen LogP contribution is 2.02. The lowest BCUT2D eigenvalue weighted by atomic mass is 10.5. The Balaban J connectivity index is 0.000000845. The van der Waals surface area contributed by atoms with Crippen molar-refractivity contribution in [1.29, 1.82) is 0 Å². The molecule has 0 atom stereocenters. The van der Waals surface area contributed by atoms with Crippen molar-refractivity contribution in [3.63, 3.8) is 0 Å². The fourth-order valence-corrected chi connectivity index (χ4v) is 1.05. The molecule has 2 rings (SSSR count). The first-order valence-electron chi connectivity index (χ1n) is 3.51. The predicted molar refractivity (Wildman–Crippen MR) is 54.0 cm³/mol. The monoisotopic (exact) mass is 241 g/mol. The molecule has 68 valence electrons. The molecule has 0 aromatic carbocycles. The molecule has 0 aliphatic heterocycles. The molecule has 0 unspecified atom stereocenters. The van der Waals surface area contributed by atoms with Crippen LogP contribution in [0.3, 0.4) is 0 Å². The minimum atomic E-state index is -0.501. The van der Waals surface area contributed by atoms with Crippen LogP contribution < -0.4 is 5.73 Å². The summed E-state index contributed by atoms with van der Waals surface area (Å²) in [5.41, 5.74) is 6.08. The van der Waals surface area contributed by atoms with Gasteiger partial charge >= 0.3 is 0 Å². The first-order valence-corrected chi connectivity index (χ1v) is 3.51. The molecule has 0 aliphatic rings. The summed E-state index contributed by atoms with van der Waals surface area (Å²) >= 11 is 0. The van der Waals surface area contributed by atoms with Crippen LogP contribution in [0.25, 0.3) is 5.65 Å². The Bertz CT molecular complexity index is 405. The summed E-state index contributed by atoms with van der Waals surface area (Å²) in [5, 5.41) is 0. The average molecular weight is 242 g/mol. The van der Waals surface area contributed by atoms with E-state index in [1.54, 1.807) is 10.6 Å². The molecule has 4 nitrogen and oxygen atoms in total. The van der Waals surface area contributed by atoms with E-state index in [9.17, 15) is 4.79 Å². The Morgan fingerprint density at radius 1 is 1.46 bits per heavy atom. The lowest BCUT2D eigenvalue weighted by Crippen LogP contribution is -2.10. The molecular formula is C8H8BrN3O. The molecule has 0 fully saturated rings. The van der Waals surface area contributed by atoms with Gasteiger partial charge in [-0.15, -0.1) is 17.0 Å². The van der Waals surface area contributed by atoms with Gasteiger partial charge in [-0.1, -0.05) is 6.07 Å². The number of nitrogens with two attached hydrogens (primary N) is 1. The van der Waals surface area contributed by atoms with E-state index in [4.69, 9.17) is 5.73 Å². The number of amides is 1. The molecule has 2 aromatic rings. The summed E-state index contributed by atoms with van der Waals surface area (Å²) in [5.74, 6) is -0.501. The second kappa shape index (κ2) is 3.57. The van der Waals surface area contributed by atoms with E-state index in [0.717, 1.165) is 5.65 Å². The van der Waals surface area contributed by atoms with Crippen molar-refractivity contribution in [2.24, 2.45) is 5.73 Å². The van der Waals surface area contributed by atoms with Gasteiger partial charge in [0.05, 0.1) is 0 Å². The number of primary amides is 1. The molecule has 5 heteroatoms. The van der Waals surface area contributed by atoms with E-state index in [1.807, 2.05) is 24.4 Å². The molecule has 1 amide bonds. The van der Waals surface area contributed by atoms with Gasteiger partial charge in [-0.25, -0.2) is 4.98 Å². The summed E-state index contributed by atoms with van der Waals surface area (Å²) in [7, 11) is 0. The van der Waals surface area contributed by atoms with Gasteiger partial charge in [-0.3, -0.25) is 4.79 Å². The van der Waals surface area contributed by atoms with E-state index in [0.29, 0.717) is 5.69 Å². The third-order valence-electron chi connectivity index (χ3n) is 1.62. The van der Waals surface area contributed by atoms with E-state index in [1.165, 1.54) is 0 Å². The number of halogens is 1. The number of pyridine rings is 1. The third-order valence-corrected chi connectivity index (χ3v) is 1.62. The molecule has 2 heterocycles. The zero-order valence-electron chi connectivity index (χ0n) is 6.68. The van der Waals surface area contributed by atoms with E-state index >= 15 is 0 Å². The Morgan fingerprint density at radius 3 is 2.85 bits per heavy atom. The lowest BCUT2D eigenvalue weighted by molar-refractivity contribution is 0.0996. The first kappa shape index (κ1) is 9.73. The van der Waals surface area contributed by atoms with Crippen molar-refractivity contribution >= 4 is 28.5 Å². The number of hydrogen-bond acceptors (Lipinski definition) is 2. The molecule has 13 heavy (non-hydrogen) atoms. The van der Waals surface area contributed by atoms with Crippen molar-refractivity contribution < 1.29 is 4.79 Å². The van der Waals surface area contributed by atoms with Crippen LogP contribution in [0, 0.1) is 0 Å². The van der Waals surface area contributed by atoms with Gasteiger partial charge in [0.15, 0.2) is 0 Å². The van der Waals surface area contributed by atoms with Gasteiger partial charge in [-0.2, -0.15) is 0 Å². The maximum Gasteiger partial charge on any atom is 0.268 e. The number of aromatic nitrogens is 2. The van der Waals surface area contributed by atoms with E-state index in [2.05, 4.69) is 4.98 Å². The van der Waals surface area contributed by atoms with Crippen LogP contribution in [-0.4, -0.2) is 15.3 Å². The Hall–Kier alpha value is -1.36. The molecule has 0 radical (unpaired) electrons. The van der Waals surface area contributed by atoms with Crippen molar-refractivity contribution in [2.45, 2.75) is 0 Å². The standard InChI is InChI=1S/C8H7N3O.BrH/c9-8(12)6-5-11-4-2-1-3-7(11)10-6;/h1-5H,(H2,9,12);1H. The fourth-order valence-electron chi connectivity index (χ4n) is 1.05. The molecule has 0 aliphatic carbocycles. The number of nitrogens with zero attached hydrogens (tertiary/aromatic N) is 2. The number of fused-ring (bicyclic) bond motifs is 1. The van der Waals surface area contributed by atoms with E-state index < -0.39 is 5.91 Å². The van der Waals surface area contributed by atoms with E-state index in [-0.39, 0.29) is 17.0 Å². The molecule has 0 saturated carbocycles. The fraction of sp³-hybridized carbons (Fsp3) is 0. The smallest absolute Gasteiger partial charge is 0.268 e. The molecular weight excluding hydrogens is 234 g/mol. The summed E-state index contributed by atoms with van der Waals surface area (Å²) in [6, 6.07) is 5.53. The van der Waals surface area contributed by atoms with Crippen molar-refractivity contribution in [3.8, 4) is 0 Å². The summed E-state index contributed by atoms with van der Waals surface area (Å²) < 4.78 is 1.75. The lowest BCUT2D eigenvalue weighted by Gasteiger charge is -1.86. The van der Waals surface area contributed by atoms with Crippen molar-refractivity contribution in [2.75, 3.05) is 0 Å². The van der Waals surface area contributed by atoms with Crippen molar-refractivity contribution in [1.82, 2.24) is 9.38 Å². The van der Waals surface area contributed by atoms with Crippen LogP contribution in [-0.2, 0) is 0 Å². The van der Waals surface area contributed by atoms with Gasteiger partial charge in [0.1, 0.15) is 11.3 Å². The zero-order valence-corrected chi connectivity index (χ0v) is 8.39. The topological polar surface area (TPSA) is 60.4 Å². The molecule has 0 saturated heterocycles. The Morgan fingerprint density at radius 2 is 2.23 bits per heavy atom. The third kappa shape index (κ3) is 1.70. The van der Waals surface area contributed by atoms with Crippen molar-refractivity contribution in [3.05, 3.63) is 36.3 Å². The maximum absolute atomic E-state index is 10.7. The van der Waals surface area contributed by atoms with Crippen LogP contribution in [0.5, 0.6) is 0 Å². The quantitative estimate of drug-likeness (QED) is 0.811. The highest BCUT2D eigenvalue weighted by Gasteiger charge is 2.04. The number of carbonyl (C=O) groups excluding carboxylic acids is 1. The van der Waals surface area contributed by atoms with Gasteiger partial charge in [0.25, 0.3) is 5.91 Å². The van der Waals surface area contributed by atoms with Gasteiger partial charge in [0.2, 0.25) is 0 Å². The largest absolute Gasteiger partial charge is 0.364 e. The summed E-state index contributed by atoms with van der Waals surface area (Å²) in [4.78, 5) is 14.7. The highest BCUT2D eigenvalue weighted by atomic mass is 79.9. The summed E-state index contributed by atoms with van der Waals surface area (Å²) in [6.45, 7) is 0. The normalized spacial score (nSPS) is 9.54. The Labute approximate surface area is 85.1 Å². The van der Waals surface area contributed by atoms with Crippen LogP contribution in [0.4, 0.5) is 0 Å². The zero-order chi connectivity index (χ0) is 8.55. The molecule has 0 bridgehead atoms. The van der Waals surface area contributed by atoms with Crippen LogP contribution in [0.1, 0.15) is 10.5 Å². The Kier molecular flexibility index (Phi) is 2.67. The minimum Gasteiger partial charge on any atom is -0.364 e. The van der Waals surface area contributed by atoms with Gasteiger partial charge in [0, 0.05) is 12.4 Å². The first-order chi connectivity index (χ1) is 5.77. The van der Waals surface area contributed by atoms with Crippen LogP contribution in [0.15, 0.2) is 30.6 Å². The average Bonchev–Trinajstić information content (AvgIpc) is 2.46. The molecule has 2 N–H and O–H groups in total. The van der Waals surface area contributed by atoms with Gasteiger partial charge < -0.3 is 10.1 Å². The second-order valence-electron chi connectivity index (χ2n) is 2.46. The highest BCUT2D eigenvalue weighted by molar-refractivity contribution is 8.93. The second-order valence-corrected chi connectivity index (χ2v) is 2.46. The number of carbonyl (C=O) groups is 1. The minimum absolute atomic E-state index is 0. The summed E-state index contributed by atoms with van der Waals surface area (Å²) in [6.07, 6.45) is 3.42. The maximum atomic E-state index is 10.7. The van der Waals surface area contributed by atoms with Crippen LogP contribution in [0.2, 0.25) is 0 Å². The van der Waals surface area contributed by atoms with Gasteiger partial charge in [-0.05, 0) is 12.1 Å². The number of rotatable bonds is 1. The molecule has 2 aromatic heterocycles. The van der Waals surface area contributed by atoms with Crippen LogP contribution >= 0.6 is 17.0 Å². The SMILES string of the molecule is Br.NC(=O)c1cn2ccccc2n1. The molecule has 0 spiro atoms. The predicted octanol–water partition coefficient (Wildman–Crippen LogP) is 1.01. The number of hydrogen-bond donors (Lipinski definition) is 1.